The molecule has 19 heavy (non-hydrogen) atoms. The van der Waals surface area contributed by atoms with E-state index < -0.39 is 5.82 Å². The molecule has 4 heteroatoms. The first kappa shape index (κ1) is 12.4. The first-order valence-electron chi connectivity index (χ1n) is 6.40. The predicted molar refractivity (Wildman–Crippen MR) is 68.7 cm³/mol. The van der Waals surface area contributed by atoms with E-state index in [0.29, 0.717) is 11.8 Å². The van der Waals surface area contributed by atoms with Crippen LogP contribution in [0.2, 0.25) is 0 Å². The van der Waals surface area contributed by atoms with Gasteiger partial charge in [-0.25, -0.2) is 4.39 Å². The van der Waals surface area contributed by atoms with Gasteiger partial charge in [-0.05, 0) is 31.4 Å². The second-order valence-corrected chi connectivity index (χ2v) is 5.11. The van der Waals surface area contributed by atoms with Gasteiger partial charge in [0.2, 0.25) is 5.78 Å². The lowest BCUT2D eigenvalue weighted by Crippen LogP contribution is -2.41. The fourth-order valence-electron chi connectivity index (χ4n) is 2.57. The standard InChI is InChI=1S/C15H15FO3/c1-18-15(6-3-7-15)9-12(17)13-8-10-4-2-5-11(16)14(10)19-13/h2,4-5,8H,3,6-7,9H2,1H3. The number of benzene rings is 1. The Morgan fingerprint density at radius 3 is 2.84 bits per heavy atom. The van der Waals surface area contributed by atoms with Crippen LogP contribution in [0.25, 0.3) is 11.0 Å². The monoisotopic (exact) mass is 262 g/mol. The van der Waals surface area contributed by atoms with Crippen LogP contribution in [0.4, 0.5) is 4.39 Å². The SMILES string of the molecule is COC1(CC(=O)c2cc3cccc(F)c3o2)CCC1. The lowest BCUT2D eigenvalue weighted by molar-refractivity contribution is -0.0707. The van der Waals surface area contributed by atoms with Gasteiger partial charge in [-0.1, -0.05) is 12.1 Å². The number of para-hydroxylation sites is 1. The van der Waals surface area contributed by atoms with Crippen molar-refractivity contribution in [2.45, 2.75) is 31.3 Å². The van der Waals surface area contributed by atoms with E-state index in [1.165, 1.54) is 6.07 Å². The molecular weight excluding hydrogens is 247 g/mol. The van der Waals surface area contributed by atoms with Crippen LogP contribution in [-0.2, 0) is 4.74 Å². The highest BCUT2D eigenvalue weighted by atomic mass is 19.1. The highest BCUT2D eigenvalue weighted by molar-refractivity contribution is 5.98. The zero-order valence-corrected chi connectivity index (χ0v) is 10.7. The summed E-state index contributed by atoms with van der Waals surface area (Å²) in [4.78, 5) is 12.2. The number of fused-ring (bicyclic) bond motifs is 1. The molecule has 1 aliphatic carbocycles. The molecule has 1 aliphatic rings. The predicted octanol–water partition coefficient (Wildman–Crippen LogP) is 3.71. The lowest BCUT2D eigenvalue weighted by Gasteiger charge is -2.39. The maximum Gasteiger partial charge on any atom is 0.200 e. The van der Waals surface area contributed by atoms with Crippen molar-refractivity contribution in [1.82, 2.24) is 0 Å². The molecule has 0 amide bonds. The Bertz CT molecular complexity index is 620. The second-order valence-electron chi connectivity index (χ2n) is 5.11. The van der Waals surface area contributed by atoms with Crippen LogP contribution in [-0.4, -0.2) is 18.5 Å². The molecule has 3 rings (SSSR count). The number of Topliss-reactive ketones (excluding diaryl/α,β-unsaturated/α-hetero) is 1. The first-order chi connectivity index (χ1) is 9.13. The Kier molecular flexibility index (Phi) is 2.90. The van der Waals surface area contributed by atoms with Crippen LogP contribution in [0.15, 0.2) is 28.7 Å². The van der Waals surface area contributed by atoms with E-state index >= 15 is 0 Å². The van der Waals surface area contributed by atoms with Crippen molar-refractivity contribution in [1.29, 1.82) is 0 Å². The number of carbonyl (C=O) groups is 1. The van der Waals surface area contributed by atoms with Crippen molar-refractivity contribution in [3.8, 4) is 0 Å². The van der Waals surface area contributed by atoms with E-state index in [1.807, 2.05) is 0 Å². The third-order valence-corrected chi connectivity index (χ3v) is 3.95. The summed E-state index contributed by atoms with van der Waals surface area (Å²) in [7, 11) is 1.63. The largest absolute Gasteiger partial charge is 0.450 e. The van der Waals surface area contributed by atoms with Crippen molar-refractivity contribution >= 4 is 16.8 Å². The average molecular weight is 262 g/mol. The van der Waals surface area contributed by atoms with Gasteiger partial charge in [0.25, 0.3) is 0 Å². The van der Waals surface area contributed by atoms with Crippen molar-refractivity contribution in [3.05, 3.63) is 35.8 Å². The minimum Gasteiger partial charge on any atom is -0.450 e. The molecule has 3 nitrogen and oxygen atoms in total. The van der Waals surface area contributed by atoms with Gasteiger partial charge < -0.3 is 9.15 Å². The van der Waals surface area contributed by atoms with Gasteiger partial charge in [0, 0.05) is 18.9 Å². The van der Waals surface area contributed by atoms with Gasteiger partial charge >= 0.3 is 0 Å². The number of carbonyl (C=O) groups excluding carboxylic acids is 1. The van der Waals surface area contributed by atoms with E-state index in [2.05, 4.69) is 0 Å². The van der Waals surface area contributed by atoms with Crippen molar-refractivity contribution in [2.75, 3.05) is 7.11 Å². The maximum absolute atomic E-state index is 13.5. The summed E-state index contributed by atoms with van der Waals surface area (Å²) in [5.74, 6) is -0.359. The number of ether oxygens (including phenoxy) is 1. The van der Waals surface area contributed by atoms with Gasteiger partial charge in [-0.15, -0.1) is 0 Å². The fourth-order valence-corrected chi connectivity index (χ4v) is 2.57. The van der Waals surface area contributed by atoms with Crippen LogP contribution in [0.5, 0.6) is 0 Å². The van der Waals surface area contributed by atoms with Gasteiger partial charge in [0.15, 0.2) is 17.2 Å². The second kappa shape index (κ2) is 4.46. The molecule has 100 valence electrons. The number of halogens is 1. The summed E-state index contributed by atoms with van der Waals surface area (Å²) in [6.07, 6.45) is 3.16. The summed E-state index contributed by atoms with van der Waals surface area (Å²) in [6, 6.07) is 6.25. The zero-order valence-electron chi connectivity index (χ0n) is 10.7. The maximum atomic E-state index is 13.5. The molecular formula is C15H15FO3. The average Bonchev–Trinajstić information content (AvgIpc) is 2.79. The molecule has 1 fully saturated rings. The summed E-state index contributed by atoms with van der Waals surface area (Å²) in [6.45, 7) is 0. The molecule has 1 heterocycles. The van der Waals surface area contributed by atoms with E-state index in [1.54, 1.807) is 25.3 Å². The molecule has 0 unspecified atom stereocenters. The summed E-state index contributed by atoms with van der Waals surface area (Å²) in [5, 5.41) is 0.614. The summed E-state index contributed by atoms with van der Waals surface area (Å²) < 4.78 is 24.3. The van der Waals surface area contributed by atoms with Crippen molar-refractivity contribution in [3.63, 3.8) is 0 Å². The zero-order chi connectivity index (χ0) is 13.5. The Morgan fingerprint density at radius 1 is 1.47 bits per heavy atom. The Labute approximate surface area is 110 Å². The number of hydrogen-bond acceptors (Lipinski definition) is 3. The first-order valence-corrected chi connectivity index (χ1v) is 6.40. The molecule has 1 aromatic heterocycles. The quantitative estimate of drug-likeness (QED) is 0.788. The van der Waals surface area contributed by atoms with Crippen LogP contribution < -0.4 is 0 Å². The van der Waals surface area contributed by atoms with Gasteiger partial charge in [0.05, 0.1) is 5.60 Å². The van der Waals surface area contributed by atoms with Crippen molar-refractivity contribution < 1.29 is 18.3 Å². The molecule has 0 saturated heterocycles. The third-order valence-electron chi connectivity index (χ3n) is 3.95. The minimum absolute atomic E-state index is 0.128. The highest BCUT2D eigenvalue weighted by Gasteiger charge is 2.39. The summed E-state index contributed by atoms with van der Waals surface area (Å²) in [5.41, 5.74) is -0.194. The number of rotatable bonds is 4. The van der Waals surface area contributed by atoms with E-state index in [9.17, 15) is 9.18 Å². The topological polar surface area (TPSA) is 39.4 Å². The lowest BCUT2D eigenvalue weighted by atomic mass is 9.76. The molecule has 1 aromatic carbocycles. The van der Waals surface area contributed by atoms with E-state index in [4.69, 9.17) is 9.15 Å². The Balaban J connectivity index is 1.87. The van der Waals surface area contributed by atoms with Crippen LogP contribution in [0.1, 0.15) is 36.2 Å². The molecule has 0 radical (unpaired) electrons. The smallest absolute Gasteiger partial charge is 0.200 e. The van der Waals surface area contributed by atoms with E-state index in [-0.39, 0.29) is 22.7 Å². The molecule has 0 N–H and O–H groups in total. The van der Waals surface area contributed by atoms with Gasteiger partial charge in [-0.3, -0.25) is 4.79 Å². The minimum atomic E-state index is -0.443. The molecule has 1 saturated carbocycles. The van der Waals surface area contributed by atoms with Crippen LogP contribution >= 0.6 is 0 Å². The number of furan rings is 1. The van der Waals surface area contributed by atoms with Crippen molar-refractivity contribution in [2.24, 2.45) is 0 Å². The van der Waals surface area contributed by atoms with Crippen LogP contribution in [0.3, 0.4) is 0 Å². The Morgan fingerprint density at radius 2 is 2.26 bits per heavy atom. The van der Waals surface area contributed by atoms with Gasteiger partial charge in [0.1, 0.15) is 0 Å². The molecule has 2 aromatic rings. The number of methoxy groups -OCH3 is 1. The molecule has 0 bridgehead atoms. The molecule has 0 atom stereocenters. The third kappa shape index (κ3) is 2.06. The summed E-state index contributed by atoms with van der Waals surface area (Å²) >= 11 is 0. The van der Waals surface area contributed by atoms with Gasteiger partial charge in [-0.2, -0.15) is 0 Å². The van der Waals surface area contributed by atoms with Crippen LogP contribution in [0, 0.1) is 5.82 Å². The molecule has 0 aliphatic heterocycles. The van der Waals surface area contributed by atoms with E-state index in [0.717, 1.165) is 19.3 Å². The fraction of sp³-hybridized carbons (Fsp3) is 0.400. The normalized spacial score (nSPS) is 17.4. The number of hydrogen-bond donors (Lipinski definition) is 0. The Hall–Kier alpha value is -1.68. The molecule has 0 spiro atoms. The highest BCUT2D eigenvalue weighted by Crippen LogP contribution is 2.39. The number of ketones is 1.